The molecule has 0 saturated carbocycles. The fourth-order valence-electron chi connectivity index (χ4n) is 1.50. The van der Waals surface area contributed by atoms with Crippen molar-refractivity contribution in [2.75, 3.05) is 33.8 Å². The monoisotopic (exact) mass is 239 g/mol. The molecule has 0 bridgehead atoms. The summed E-state index contributed by atoms with van der Waals surface area (Å²) in [6.45, 7) is 2.47. The van der Waals surface area contributed by atoms with Crippen molar-refractivity contribution >= 4 is 0 Å². The number of ether oxygens (including phenoxy) is 1. The van der Waals surface area contributed by atoms with E-state index in [1.165, 1.54) is 0 Å². The fraction of sp³-hybridized carbons (Fsp3) is 0.583. The third-order valence-corrected chi connectivity index (χ3v) is 2.36. The molecule has 0 aliphatic heterocycles. The molecule has 0 fully saturated rings. The van der Waals surface area contributed by atoms with Gasteiger partial charge in [0.1, 0.15) is 0 Å². The standard InChI is InChI=1S/C12H21N3O2/c1-14(2)7-4-10-17-11-5-3-8-15(9-6-13)12(11)16/h3,5,8H,4,6-7,9-10,13H2,1-2H3. The van der Waals surface area contributed by atoms with Gasteiger partial charge in [-0.05, 0) is 32.6 Å². The van der Waals surface area contributed by atoms with Gasteiger partial charge in [0.05, 0.1) is 6.61 Å². The first-order valence-corrected chi connectivity index (χ1v) is 5.82. The van der Waals surface area contributed by atoms with E-state index in [-0.39, 0.29) is 5.56 Å². The van der Waals surface area contributed by atoms with Crippen molar-refractivity contribution in [2.24, 2.45) is 5.73 Å². The number of pyridine rings is 1. The molecule has 1 rings (SSSR count). The lowest BCUT2D eigenvalue weighted by molar-refractivity contribution is 0.277. The van der Waals surface area contributed by atoms with Gasteiger partial charge in [-0.1, -0.05) is 0 Å². The van der Waals surface area contributed by atoms with Gasteiger partial charge >= 0.3 is 0 Å². The number of nitrogens with two attached hydrogens (primary N) is 1. The van der Waals surface area contributed by atoms with E-state index >= 15 is 0 Å². The average Bonchev–Trinajstić information content (AvgIpc) is 2.29. The van der Waals surface area contributed by atoms with Crippen LogP contribution in [0.3, 0.4) is 0 Å². The van der Waals surface area contributed by atoms with E-state index in [0.717, 1.165) is 13.0 Å². The van der Waals surface area contributed by atoms with Gasteiger partial charge in [0.15, 0.2) is 5.75 Å². The molecule has 5 heteroatoms. The van der Waals surface area contributed by atoms with Crippen molar-refractivity contribution in [3.63, 3.8) is 0 Å². The summed E-state index contributed by atoms with van der Waals surface area (Å²) in [5.41, 5.74) is 5.32. The Hall–Kier alpha value is -1.33. The topological polar surface area (TPSA) is 60.5 Å². The van der Waals surface area contributed by atoms with Crippen molar-refractivity contribution in [1.29, 1.82) is 0 Å². The number of nitrogens with zero attached hydrogens (tertiary/aromatic N) is 2. The van der Waals surface area contributed by atoms with E-state index in [1.54, 1.807) is 22.9 Å². The highest BCUT2D eigenvalue weighted by molar-refractivity contribution is 5.17. The second-order valence-corrected chi connectivity index (χ2v) is 4.16. The molecule has 0 aliphatic rings. The molecule has 0 spiro atoms. The predicted octanol–water partition coefficient (Wildman–Crippen LogP) is 0.138. The van der Waals surface area contributed by atoms with E-state index < -0.39 is 0 Å². The highest BCUT2D eigenvalue weighted by Gasteiger charge is 2.03. The molecule has 96 valence electrons. The maximum atomic E-state index is 11.9. The summed E-state index contributed by atoms with van der Waals surface area (Å²) in [5.74, 6) is 0.403. The Morgan fingerprint density at radius 1 is 1.47 bits per heavy atom. The number of rotatable bonds is 7. The van der Waals surface area contributed by atoms with Crippen LogP contribution in [0.2, 0.25) is 0 Å². The first-order chi connectivity index (χ1) is 8.15. The predicted molar refractivity (Wildman–Crippen MR) is 68.4 cm³/mol. The van der Waals surface area contributed by atoms with Crippen LogP contribution in [0.25, 0.3) is 0 Å². The minimum atomic E-state index is -0.109. The Morgan fingerprint density at radius 2 is 2.24 bits per heavy atom. The van der Waals surface area contributed by atoms with Crippen molar-refractivity contribution in [1.82, 2.24) is 9.47 Å². The second kappa shape index (κ2) is 7.09. The van der Waals surface area contributed by atoms with Crippen LogP contribution >= 0.6 is 0 Å². The Labute approximate surface area is 102 Å². The molecule has 2 N–H and O–H groups in total. The Balaban J connectivity index is 2.53. The summed E-state index contributed by atoms with van der Waals surface area (Å²) in [6, 6.07) is 3.50. The zero-order valence-electron chi connectivity index (χ0n) is 10.6. The maximum Gasteiger partial charge on any atom is 0.292 e. The molecule has 0 atom stereocenters. The molecular formula is C12H21N3O2. The molecular weight excluding hydrogens is 218 g/mol. The van der Waals surface area contributed by atoms with Crippen LogP contribution in [0.1, 0.15) is 6.42 Å². The summed E-state index contributed by atoms with van der Waals surface area (Å²) in [6.07, 6.45) is 2.63. The van der Waals surface area contributed by atoms with Crippen LogP contribution in [0.5, 0.6) is 5.75 Å². The molecule has 5 nitrogen and oxygen atoms in total. The molecule has 0 aliphatic carbocycles. The highest BCUT2D eigenvalue weighted by atomic mass is 16.5. The molecule has 0 saturated heterocycles. The van der Waals surface area contributed by atoms with Gasteiger partial charge in [-0.25, -0.2) is 0 Å². The first kappa shape index (κ1) is 13.7. The molecule has 17 heavy (non-hydrogen) atoms. The Bertz CT molecular complexity index is 388. The van der Waals surface area contributed by atoms with Gasteiger partial charge in [-0.2, -0.15) is 0 Å². The Morgan fingerprint density at radius 3 is 2.88 bits per heavy atom. The molecule has 1 heterocycles. The molecule has 0 radical (unpaired) electrons. The van der Waals surface area contributed by atoms with Crippen LogP contribution < -0.4 is 16.0 Å². The van der Waals surface area contributed by atoms with Gasteiger partial charge in [-0.3, -0.25) is 4.79 Å². The van der Waals surface area contributed by atoms with E-state index in [2.05, 4.69) is 4.90 Å². The van der Waals surface area contributed by atoms with Gasteiger partial charge in [0, 0.05) is 25.8 Å². The van der Waals surface area contributed by atoms with E-state index in [9.17, 15) is 4.79 Å². The normalized spacial score (nSPS) is 10.8. The number of aromatic nitrogens is 1. The van der Waals surface area contributed by atoms with Crippen molar-refractivity contribution in [3.8, 4) is 5.75 Å². The largest absolute Gasteiger partial charge is 0.488 e. The molecule has 0 unspecified atom stereocenters. The SMILES string of the molecule is CN(C)CCCOc1cccn(CCN)c1=O. The summed E-state index contributed by atoms with van der Waals surface area (Å²) >= 11 is 0. The Kier molecular flexibility index (Phi) is 5.72. The average molecular weight is 239 g/mol. The summed E-state index contributed by atoms with van der Waals surface area (Å²) < 4.78 is 7.04. The van der Waals surface area contributed by atoms with Gasteiger partial charge in [-0.15, -0.1) is 0 Å². The quantitative estimate of drug-likeness (QED) is 0.687. The molecule has 0 amide bonds. The molecule has 1 aromatic rings. The van der Waals surface area contributed by atoms with Crippen LogP contribution in [0, 0.1) is 0 Å². The van der Waals surface area contributed by atoms with Crippen molar-refractivity contribution < 1.29 is 4.74 Å². The van der Waals surface area contributed by atoms with E-state index in [4.69, 9.17) is 10.5 Å². The van der Waals surface area contributed by atoms with Crippen LogP contribution in [0.4, 0.5) is 0 Å². The zero-order valence-corrected chi connectivity index (χ0v) is 10.6. The highest BCUT2D eigenvalue weighted by Crippen LogP contribution is 2.02. The minimum Gasteiger partial charge on any atom is -0.488 e. The van der Waals surface area contributed by atoms with Gasteiger partial charge in [0.25, 0.3) is 5.56 Å². The summed E-state index contributed by atoms with van der Waals surface area (Å²) in [4.78, 5) is 13.9. The third kappa shape index (κ3) is 4.58. The lowest BCUT2D eigenvalue weighted by Crippen LogP contribution is -2.25. The molecule has 0 aromatic carbocycles. The lowest BCUT2D eigenvalue weighted by Gasteiger charge is -2.11. The summed E-state index contributed by atoms with van der Waals surface area (Å²) in [7, 11) is 4.02. The number of hydrogen-bond acceptors (Lipinski definition) is 4. The van der Waals surface area contributed by atoms with Gasteiger partial charge in [0.2, 0.25) is 0 Å². The lowest BCUT2D eigenvalue weighted by atomic mass is 10.4. The van der Waals surface area contributed by atoms with E-state index in [1.807, 2.05) is 14.1 Å². The van der Waals surface area contributed by atoms with Crippen molar-refractivity contribution in [2.45, 2.75) is 13.0 Å². The third-order valence-electron chi connectivity index (χ3n) is 2.36. The number of hydrogen-bond donors (Lipinski definition) is 1. The van der Waals surface area contributed by atoms with Crippen molar-refractivity contribution in [3.05, 3.63) is 28.7 Å². The fourth-order valence-corrected chi connectivity index (χ4v) is 1.50. The van der Waals surface area contributed by atoms with Crippen LogP contribution in [-0.4, -0.2) is 43.3 Å². The molecule has 1 aromatic heterocycles. The second-order valence-electron chi connectivity index (χ2n) is 4.16. The van der Waals surface area contributed by atoms with Crippen LogP contribution in [0.15, 0.2) is 23.1 Å². The van der Waals surface area contributed by atoms with Gasteiger partial charge < -0.3 is 19.9 Å². The smallest absolute Gasteiger partial charge is 0.292 e. The van der Waals surface area contributed by atoms with Crippen LogP contribution in [-0.2, 0) is 6.54 Å². The minimum absolute atomic E-state index is 0.109. The first-order valence-electron chi connectivity index (χ1n) is 5.82. The maximum absolute atomic E-state index is 11.9. The van der Waals surface area contributed by atoms with E-state index in [0.29, 0.717) is 25.4 Å². The zero-order chi connectivity index (χ0) is 12.7. The summed E-state index contributed by atoms with van der Waals surface area (Å²) in [5, 5.41) is 0.